The zero-order valence-corrected chi connectivity index (χ0v) is 14.8. The molecule has 2 radical (unpaired) electrons. The molecule has 0 saturated heterocycles. The molecule has 0 aliphatic heterocycles. The Balaban J connectivity index is 1.79. The van der Waals surface area contributed by atoms with Gasteiger partial charge in [-0.3, -0.25) is 0 Å². The molecular weight excluding hydrogens is 308 g/mol. The van der Waals surface area contributed by atoms with Crippen LogP contribution in [0.25, 0.3) is 16.5 Å². The lowest BCUT2D eigenvalue weighted by molar-refractivity contribution is 0.834. The van der Waals surface area contributed by atoms with Crippen molar-refractivity contribution in [3.63, 3.8) is 0 Å². The van der Waals surface area contributed by atoms with Crippen molar-refractivity contribution < 1.29 is 0 Å². The second-order valence-electron chi connectivity index (χ2n) is 5.94. The number of benzene rings is 3. The van der Waals surface area contributed by atoms with E-state index in [9.17, 15) is 0 Å². The van der Waals surface area contributed by atoms with Gasteiger partial charge in [-0.05, 0) is 41.9 Å². The summed E-state index contributed by atoms with van der Waals surface area (Å²) in [6.07, 6.45) is 0. The van der Waals surface area contributed by atoms with Gasteiger partial charge < -0.3 is 0 Å². The number of rotatable bonds is 3. The molecule has 1 heterocycles. The van der Waals surface area contributed by atoms with Crippen molar-refractivity contribution in [2.24, 2.45) is 0 Å². The third-order valence-corrected chi connectivity index (χ3v) is 6.02. The highest BCUT2D eigenvalue weighted by molar-refractivity contribution is 6.70. The fourth-order valence-corrected chi connectivity index (χ4v) is 4.44. The van der Waals surface area contributed by atoms with E-state index in [2.05, 4.69) is 85.3 Å². The Morgan fingerprint density at radius 3 is 2.33 bits per heavy atom. The van der Waals surface area contributed by atoms with Gasteiger partial charge in [0.05, 0.1) is 11.4 Å². The predicted octanol–water partition coefficient (Wildman–Crippen LogP) is 3.30. The number of hydrogen-bond acceptors (Lipinski definition) is 1. The molecule has 0 atom stereocenters. The smallest absolute Gasteiger partial charge is 0.127 e. The summed E-state index contributed by atoms with van der Waals surface area (Å²) < 4.78 is 2.06. The van der Waals surface area contributed by atoms with Crippen LogP contribution in [0.4, 0.5) is 0 Å². The van der Waals surface area contributed by atoms with Gasteiger partial charge in [0.15, 0.2) is 0 Å². The third-order valence-electron chi connectivity index (χ3n) is 4.34. The number of nitrogens with zero attached hydrogens (tertiary/aromatic N) is 2. The first-order valence-corrected chi connectivity index (χ1v) is 9.10. The Morgan fingerprint density at radius 2 is 1.50 bits per heavy atom. The van der Waals surface area contributed by atoms with E-state index in [1.165, 1.54) is 26.8 Å². The van der Waals surface area contributed by atoms with Gasteiger partial charge in [0.25, 0.3) is 0 Å². The molecule has 1 aromatic heterocycles. The van der Waals surface area contributed by atoms with Gasteiger partial charge in [-0.1, -0.05) is 65.9 Å². The van der Waals surface area contributed by atoms with Crippen molar-refractivity contribution in [3.05, 3.63) is 84.2 Å². The minimum atomic E-state index is 0.611. The van der Waals surface area contributed by atoms with Crippen LogP contribution in [0.2, 0.25) is 0 Å². The van der Waals surface area contributed by atoms with Crippen molar-refractivity contribution in [2.75, 3.05) is 0 Å². The SMILES string of the molecule is Cc1nn(-c2ccccc2)c(C)c1[Si]c1cccc2ccccc12. The highest BCUT2D eigenvalue weighted by Gasteiger charge is 2.15. The van der Waals surface area contributed by atoms with E-state index < -0.39 is 0 Å². The van der Waals surface area contributed by atoms with E-state index in [-0.39, 0.29) is 0 Å². The maximum Gasteiger partial charge on any atom is 0.127 e. The maximum absolute atomic E-state index is 4.78. The van der Waals surface area contributed by atoms with Gasteiger partial charge in [-0.2, -0.15) is 5.10 Å². The van der Waals surface area contributed by atoms with Gasteiger partial charge in [-0.15, -0.1) is 0 Å². The third kappa shape index (κ3) is 2.57. The zero-order valence-electron chi connectivity index (χ0n) is 13.8. The van der Waals surface area contributed by atoms with Gasteiger partial charge >= 0.3 is 0 Å². The maximum atomic E-state index is 4.78. The molecule has 24 heavy (non-hydrogen) atoms. The van der Waals surface area contributed by atoms with Crippen LogP contribution in [0.1, 0.15) is 11.4 Å². The Labute approximate surface area is 144 Å². The first-order chi connectivity index (χ1) is 11.7. The molecule has 0 saturated carbocycles. The molecule has 3 aromatic carbocycles. The van der Waals surface area contributed by atoms with E-state index in [1.54, 1.807) is 0 Å². The monoisotopic (exact) mass is 326 g/mol. The molecule has 0 bridgehead atoms. The molecule has 4 aromatic rings. The summed E-state index contributed by atoms with van der Waals surface area (Å²) in [5.74, 6) is 0. The van der Waals surface area contributed by atoms with Crippen LogP contribution in [0.5, 0.6) is 0 Å². The molecule has 0 unspecified atom stereocenters. The second-order valence-corrected chi connectivity index (χ2v) is 7.23. The van der Waals surface area contributed by atoms with Crippen molar-refractivity contribution >= 4 is 30.7 Å². The van der Waals surface area contributed by atoms with Crippen molar-refractivity contribution in [3.8, 4) is 5.69 Å². The lowest BCUT2D eigenvalue weighted by Crippen LogP contribution is -2.30. The average Bonchev–Trinajstić information content (AvgIpc) is 2.91. The highest BCUT2D eigenvalue weighted by atomic mass is 28.2. The summed E-state index contributed by atoms with van der Waals surface area (Å²) in [4.78, 5) is 0. The quantitative estimate of drug-likeness (QED) is 0.528. The Kier molecular flexibility index (Phi) is 3.79. The van der Waals surface area contributed by atoms with E-state index in [0.29, 0.717) is 9.52 Å². The lowest BCUT2D eigenvalue weighted by Gasteiger charge is -2.07. The van der Waals surface area contributed by atoms with Crippen LogP contribution in [-0.4, -0.2) is 19.3 Å². The summed E-state index contributed by atoms with van der Waals surface area (Å²) in [6.45, 7) is 4.28. The van der Waals surface area contributed by atoms with Crippen molar-refractivity contribution in [2.45, 2.75) is 13.8 Å². The highest BCUT2D eigenvalue weighted by Crippen LogP contribution is 2.12. The van der Waals surface area contributed by atoms with Crippen LogP contribution < -0.4 is 10.4 Å². The number of para-hydroxylation sites is 1. The minimum Gasteiger partial charge on any atom is -0.238 e. The molecule has 116 valence electrons. The summed E-state index contributed by atoms with van der Waals surface area (Å²) in [5.41, 5.74) is 3.46. The van der Waals surface area contributed by atoms with Gasteiger partial charge in [-0.25, -0.2) is 4.68 Å². The number of fused-ring (bicyclic) bond motifs is 1. The van der Waals surface area contributed by atoms with Gasteiger partial charge in [0, 0.05) is 5.69 Å². The summed E-state index contributed by atoms with van der Waals surface area (Å²) >= 11 is 0. The molecule has 0 spiro atoms. The van der Waals surface area contributed by atoms with E-state index >= 15 is 0 Å². The second kappa shape index (κ2) is 6.10. The first kappa shape index (κ1) is 14.9. The first-order valence-electron chi connectivity index (χ1n) is 8.10. The molecule has 0 amide bonds. The van der Waals surface area contributed by atoms with E-state index in [4.69, 9.17) is 5.10 Å². The largest absolute Gasteiger partial charge is 0.238 e. The van der Waals surface area contributed by atoms with E-state index in [0.717, 1.165) is 11.4 Å². The normalized spacial score (nSPS) is 11.1. The Hall–Kier alpha value is -2.65. The fraction of sp³-hybridized carbons (Fsp3) is 0.0952. The predicted molar refractivity (Wildman–Crippen MR) is 102 cm³/mol. The molecule has 2 nitrogen and oxygen atoms in total. The standard InChI is InChI=1S/C21H18N2Si/c1-15-21(16(2)23(22-15)18-11-4-3-5-12-18)24-20-14-8-10-17-9-6-7-13-19(17)20/h3-14H,1-2H3. The fourth-order valence-electron chi connectivity index (χ4n) is 3.11. The van der Waals surface area contributed by atoms with Gasteiger partial charge in [0.2, 0.25) is 0 Å². The van der Waals surface area contributed by atoms with Crippen molar-refractivity contribution in [1.29, 1.82) is 0 Å². The summed E-state index contributed by atoms with van der Waals surface area (Å²) in [5, 5.41) is 10.1. The lowest BCUT2D eigenvalue weighted by atomic mass is 10.1. The Morgan fingerprint density at radius 1 is 0.792 bits per heavy atom. The molecular formula is C21H18N2Si. The molecule has 0 aliphatic rings. The summed E-state index contributed by atoms with van der Waals surface area (Å²) in [6, 6.07) is 25.5. The van der Waals surface area contributed by atoms with Gasteiger partial charge in [0.1, 0.15) is 9.52 Å². The molecule has 0 N–H and O–H groups in total. The molecule has 3 heteroatoms. The van der Waals surface area contributed by atoms with Crippen LogP contribution >= 0.6 is 0 Å². The van der Waals surface area contributed by atoms with Crippen molar-refractivity contribution in [1.82, 2.24) is 9.78 Å². The van der Waals surface area contributed by atoms with Crippen LogP contribution in [0.3, 0.4) is 0 Å². The van der Waals surface area contributed by atoms with Crippen LogP contribution in [0.15, 0.2) is 72.8 Å². The van der Waals surface area contributed by atoms with Crippen LogP contribution in [0, 0.1) is 13.8 Å². The molecule has 0 aliphatic carbocycles. The minimum absolute atomic E-state index is 0.611. The topological polar surface area (TPSA) is 17.8 Å². The zero-order chi connectivity index (χ0) is 16.5. The number of aromatic nitrogens is 2. The number of aryl methyl sites for hydroxylation is 1. The Bertz CT molecular complexity index is 998. The van der Waals surface area contributed by atoms with E-state index in [1.807, 2.05) is 6.07 Å². The molecule has 4 rings (SSSR count). The number of hydrogen-bond donors (Lipinski definition) is 0. The summed E-state index contributed by atoms with van der Waals surface area (Å²) in [7, 11) is 0.611. The van der Waals surface area contributed by atoms with Crippen LogP contribution in [-0.2, 0) is 0 Å². The average molecular weight is 326 g/mol. The molecule has 0 fully saturated rings.